The summed E-state index contributed by atoms with van der Waals surface area (Å²) in [5.41, 5.74) is 3.68. The van der Waals surface area contributed by atoms with Crippen LogP contribution in [0, 0.1) is 0 Å². The largest absolute Gasteiger partial charge is 0.383 e. The van der Waals surface area contributed by atoms with Crippen LogP contribution in [-0.2, 0) is 17.7 Å². The summed E-state index contributed by atoms with van der Waals surface area (Å²) in [7, 11) is 1.62. The molecule has 0 fully saturated rings. The van der Waals surface area contributed by atoms with Gasteiger partial charge in [-0.1, -0.05) is 19.1 Å². The Morgan fingerprint density at radius 2 is 2.00 bits per heavy atom. The molecule has 0 bridgehead atoms. The van der Waals surface area contributed by atoms with E-state index in [1.54, 1.807) is 35.0 Å². The number of rotatable bonds is 7. The van der Waals surface area contributed by atoms with Crippen LogP contribution in [0.5, 0.6) is 0 Å². The summed E-state index contributed by atoms with van der Waals surface area (Å²) in [4.78, 5) is 21.5. The standard InChI is InChI=1S/C22H23N5O2/c1-3-16-5-4-6-17(13-16)25-21-19-14-18(7-8-20(19)23-15-24-21)27-10-9-26(22(27)28)11-12-29-2/h4-10,13-15H,3,11-12H2,1-2H3,(H,23,24,25). The number of hydrogen-bond acceptors (Lipinski definition) is 5. The minimum Gasteiger partial charge on any atom is -0.383 e. The van der Waals surface area contributed by atoms with Gasteiger partial charge in [-0.05, 0) is 42.3 Å². The lowest BCUT2D eigenvalue weighted by Gasteiger charge is -2.11. The number of aryl methyl sites for hydroxylation is 1. The van der Waals surface area contributed by atoms with E-state index in [4.69, 9.17) is 4.74 Å². The molecule has 0 unspecified atom stereocenters. The van der Waals surface area contributed by atoms with Gasteiger partial charge in [-0.25, -0.2) is 14.8 Å². The first-order valence-corrected chi connectivity index (χ1v) is 9.57. The number of nitrogens with zero attached hydrogens (tertiary/aromatic N) is 4. The van der Waals surface area contributed by atoms with Gasteiger partial charge in [-0.15, -0.1) is 0 Å². The van der Waals surface area contributed by atoms with Gasteiger partial charge in [-0.2, -0.15) is 0 Å². The van der Waals surface area contributed by atoms with Crippen LogP contribution in [0.4, 0.5) is 11.5 Å². The van der Waals surface area contributed by atoms with Crippen LogP contribution in [0.2, 0.25) is 0 Å². The number of hydrogen-bond donors (Lipinski definition) is 1. The van der Waals surface area contributed by atoms with Gasteiger partial charge >= 0.3 is 5.69 Å². The normalized spacial score (nSPS) is 11.1. The third-order valence-electron chi connectivity index (χ3n) is 4.88. The zero-order valence-electron chi connectivity index (χ0n) is 16.5. The molecule has 7 heteroatoms. The first-order valence-electron chi connectivity index (χ1n) is 9.57. The van der Waals surface area contributed by atoms with E-state index in [1.165, 1.54) is 5.56 Å². The topological polar surface area (TPSA) is 74.0 Å². The van der Waals surface area contributed by atoms with E-state index in [9.17, 15) is 4.79 Å². The van der Waals surface area contributed by atoms with E-state index in [-0.39, 0.29) is 5.69 Å². The second-order valence-corrected chi connectivity index (χ2v) is 6.74. The molecule has 2 heterocycles. The molecule has 7 nitrogen and oxygen atoms in total. The maximum Gasteiger partial charge on any atom is 0.332 e. The fourth-order valence-corrected chi connectivity index (χ4v) is 3.27. The molecule has 148 valence electrons. The molecule has 29 heavy (non-hydrogen) atoms. The van der Waals surface area contributed by atoms with E-state index in [2.05, 4.69) is 34.3 Å². The Morgan fingerprint density at radius 1 is 1.10 bits per heavy atom. The average Bonchev–Trinajstić information content (AvgIpc) is 3.12. The van der Waals surface area contributed by atoms with Gasteiger partial charge in [-0.3, -0.25) is 9.13 Å². The molecular weight excluding hydrogens is 366 g/mol. The molecular formula is C22H23N5O2. The molecule has 0 radical (unpaired) electrons. The summed E-state index contributed by atoms with van der Waals surface area (Å²) in [6.07, 6.45) is 6.04. The predicted molar refractivity (Wildman–Crippen MR) is 114 cm³/mol. The molecule has 0 saturated heterocycles. The molecule has 0 aliphatic rings. The molecule has 0 aliphatic carbocycles. The Hall–Kier alpha value is -3.45. The number of ether oxygens (including phenoxy) is 1. The number of benzene rings is 2. The van der Waals surface area contributed by atoms with Gasteiger partial charge in [0, 0.05) is 30.6 Å². The molecule has 0 spiro atoms. The van der Waals surface area contributed by atoms with Gasteiger partial charge < -0.3 is 10.1 Å². The summed E-state index contributed by atoms with van der Waals surface area (Å²) < 4.78 is 8.31. The Morgan fingerprint density at radius 3 is 2.83 bits per heavy atom. The first kappa shape index (κ1) is 18.9. The van der Waals surface area contributed by atoms with Crippen molar-refractivity contribution in [2.75, 3.05) is 19.0 Å². The van der Waals surface area contributed by atoms with Gasteiger partial charge in [0.15, 0.2) is 0 Å². The first-order chi connectivity index (χ1) is 14.2. The second-order valence-electron chi connectivity index (χ2n) is 6.74. The van der Waals surface area contributed by atoms with Crippen molar-refractivity contribution in [2.24, 2.45) is 0 Å². The van der Waals surface area contributed by atoms with Crippen LogP contribution in [0.1, 0.15) is 12.5 Å². The molecule has 2 aromatic carbocycles. The lowest BCUT2D eigenvalue weighted by molar-refractivity contribution is 0.186. The molecule has 4 aromatic rings. The van der Waals surface area contributed by atoms with Crippen molar-refractivity contribution in [3.05, 3.63) is 77.2 Å². The zero-order valence-corrected chi connectivity index (χ0v) is 16.5. The summed E-state index contributed by atoms with van der Waals surface area (Å²) >= 11 is 0. The Bertz CT molecular complexity index is 1200. The highest BCUT2D eigenvalue weighted by Gasteiger charge is 2.10. The maximum atomic E-state index is 12.7. The minimum atomic E-state index is -0.108. The van der Waals surface area contributed by atoms with Crippen molar-refractivity contribution in [3.63, 3.8) is 0 Å². The molecule has 0 atom stereocenters. The van der Waals surface area contributed by atoms with E-state index < -0.39 is 0 Å². The Kier molecular flexibility index (Phi) is 5.39. The summed E-state index contributed by atoms with van der Waals surface area (Å²) in [5, 5.41) is 4.24. The van der Waals surface area contributed by atoms with E-state index >= 15 is 0 Å². The second kappa shape index (κ2) is 8.28. The fourth-order valence-electron chi connectivity index (χ4n) is 3.27. The van der Waals surface area contributed by atoms with Crippen LogP contribution in [-0.4, -0.2) is 32.8 Å². The molecule has 0 amide bonds. The van der Waals surface area contributed by atoms with E-state index in [0.717, 1.165) is 28.7 Å². The van der Waals surface area contributed by atoms with Crippen LogP contribution in [0.15, 0.2) is 66.0 Å². The highest BCUT2D eigenvalue weighted by molar-refractivity contribution is 5.92. The summed E-state index contributed by atoms with van der Waals surface area (Å²) in [6, 6.07) is 14.0. The number of fused-ring (bicyclic) bond motifs is 1. The third-order valence-corrected chi connectivity index (χ3v) is 4.88. The number of nitrogens with one attached hydrogen (secondary N) is 1. The Balaban J connectivity index is 1.73. The number of imidazole rings is 1. The highest BCUT2D eigenvalue weighted by Crippen LogP contribution is 2.25. The van der Waals surface area contributed by atoms with E-state index in [1.807, 2.05) is 30.3 Å². The zero-order chi connectivity index (χ0) is 20.2. The van der Waals surface area contributed by atoms with Crippen molar-refractivity contribution in [1.29, 1.82) is 0 Å². The summed E-state index contributed by atoms with van der Waals surface area (Å²) in [5.74, 6) is 0.706. The average molecular weight is 389 g/mol. The van der Waals surface area contributed by atoms with Crippen molar-refractivity contribution < 1.29 is 4.74 Å². The molecule has 2 aromatic heterocycles. The van der Waals surface area contributed by atoms with Crippen molar-refractivity contribution in [2.45, 2.75) is 19.9 Å². The minimum absolute atomic E-state index is 0.108. The lowest BCUT2D eigenvalue weighted by atomic mass is 10.1. The van der Waals surface area contributed by atoms with Crippen molar-refractivity contribution in [3.8, 4) is 5.69 Å². The third kappa shape index (κ3) is 3.90. The monoisotopic (exact) mass is 389 g/mol. The molecule has 0 saturated carbocycles. The Labute approximate surface area is 168 Å². The van der Waals surface area contributed by atoms with Crippen LogP contribution in [0.25, 0.3) is 16.6 Å². The highest BCUT2D eigenvalue weighted by atomic mass is 16.5. The molecule has 4 rings (SSSR count). The molecule has 1 N–H and O–H groups in total. The number of aromatic nitrogens is 4. The SMILES string of the molecule is CCc1cccc(Nc2ncnc3ccc(-n4ccn(CCOC)c4=O)cc23)c1. The quantitative estimate of drug-likeness (QED) is 0.523. The van der Waals surface area contributed by atoms with Crippen molar-refractivity contribution in [1.82, 2.24) is 19.1 Å². The smallest absolute Gasteiger partial charge is 0.332 e. The van der Waals surface area contributed by atoms with Crippen LogP contribution in [0.3, 0.4) is 0 Å². The van der Waals surface area contributed by atoms with Gasteiger partial charge in [0.1, 0.15) is 12.1 Å². The summed E-state index contributed by atoms with van der Waals surface area (Å²) in [6.45, 7) is 3.13. The maximum absolute atomic E-state index is 12.7. The lowest BCUT2D eigenvalue weighted by Crippen LogP contribution is -2.24. The van der Waals surface area contributed by atoms with Gasteiger partial charge in [0.05, 0.1) is 24.4 Å². The number of anilines is 2. The molecule has 0 aliphatic heterocycles. The van der Waals surface area contributed by atoms with E-state index in [0.29, 0.717) is 19.0 Å². The van der Waals surface area contributed by atoms with Crippen LogP contribution < -0.4 is 11.0 Å². The van der Waals surface area contributed by atoms with Gasteiger partial charge in [0.25, 0.3) is 0 Å². The van der Waals surface area contributed by atoms with Gasteiger partial charge in [0.2, 0.25) is 0 Å². The van der Waals surface area contributed by atoms with Crippen molar-refractivity contribution >= 4 is 22.4 Å². The number of methoxy groups -OCH3 is 1. The van der Waals surface area contributed by atoms with Crippen LogP contribution >= 0.6 is 0 Å². The predicted octanol–water partition coefficient (Wildman–Crippen LogP) is 3.53. The fraction of sp³-hybridized carbons (Fsp3) is 0.227.